The second-order valence-electron chi connectivity index (χ2n) is 19.4. The first-order valence-corrected chi connectivity index (χ1v) is 27.4. The van der Waals surface area contributed by atoms with Crippen molar-refractivity contribution in [2.24, 2.45) is 0 Å². The Morgan fingerprint density at radius 3 is 1.24 bits per heavy atom. The molecule has 0 aromatic heterocycles. The number of amides is 1. The molecule has 1 fully saturated rings. The van der Waals surface area contributed by atoms with Gasteiger partial charge in [-0.1, -0.05) is 257 Å². The summed E-state index contributed by atoms with van der Waals surface area (Å²) in [5, 5.41) is 54.4. The molecule has 7 atom stereocenters. The maximum Gasteiger partial charge on any atom is 0.220 e. The summed E-state index contributed by atoms with van der Waals surface area (Å²) in [6.07, 6.45) is 47.0. The highest BCUT2D eigenvalue weighted by molar-refractivity contribution is 5.76. The Kier molecular flexibility index (Phi) is 42.6. The highest BCUT2D eigenvalue weighted by Gasteiger charge is 2.44. The Hall–Kier alpha value is -1.07. The number of ether oxygens (including phenoxy) is 2. The lowest BCUT2D eigenvalue weighted by Crippen LogP contribution is -2.60. The van der Waals surface area contributed by atoms with Gasteiger partial charge in [0.2, 0.25) is 5.91 Å². The molecule has 6 N–H and O–H groups in total. The number of allylic oxidation sites excluding steroid dienone is 1. The number of hydrogen-bond donors (Lipinski definition) is 6. The first kappa shape index (κ1) is 59.9. The van der Waals surface area contributed by atoms with Crippen molar-refractivity contribution < 1.29 is 39.8 Å². The standard InChI is InChI=1S/C54H105NO8/c1-3-5-7-9-11-13-15-17-19-21-22-23-24-25-26-28-30-32-34-36-38-40-42-44-50(58)55-47(46-62-54-53(61)52(60)51(59)49(45-56)63-54)48(57)43-41-39-37-35-33-31-29-27-20-18-16-14-12-10-8-6-4-2/h41,43,47-49,51-54,56-57,59-61H,3-40,42,44-46H2,1-2H3,(H,55,58)/b43-41+/t47-,48+,49+,51+,52?,53?,54+/m0/s1. The van der Waals surface area contributed by atoms with Crippen LogP contribution in [0, 0.1) is 0 Å². The molecule has 1 saturated heterocycles. The highest BCUT2D eigenvalue weighted by atomic mass is 16.7. The van der Waals surface area contributed by atoms with E-state index in [9.17, 15) is 30.3 Å². The second-order valence-corrected chi connectivity index (χ2v) is 19.4. The normalized spacial score (nSPS) is 20.1. The molecule has 0 aromatic rings. The van der Waals surface area contributed by atoms with Gasteiger partial charge in [-0.3, -0.25) is 4.79 Å². The molecule has 9 nitrogen and oxygen atoms in total. The third-order valence-corrected chi connectivity index (χ3v) is 13.4. The minimum Gasteiger partial charge on any atom is -0.394 e. The van der Waals surface area contributed by atoms with Crippen molar-refractivity contribution in [2.75, 3.05) is 13.2 Å². The third kappa shape index (κ3) is 34.8. The van der Waals surface area contributed by atoms with E-state index in [0.717, 1.165) is 38.5 Å². The number of aliphatic hydroxyl groups is 5. The van der Waals surface area contributed by atoms with Crippen molar-refractivity contribution >= 4 is 5.91 Å². The first-order valence-electron chi connectivity index (χ1n) is 27.4. The van der Waals surface area contributed by atoms with E-state index in [1.54, 1.807) is 6.08 Å². The van der Waals surface area contributed by atoms with E-state index in [-0.39, 0.29) is 12.5 Å². The zero-order valence-electron chi connectivity index (χ0n) is 41.4. The van der Waals surface area contributed by atoms with Crippen molar-refractivity contribution in [1.29, 1.82) is 0 Å². The minimum absolute atomic E-state index is 0.171. The fourth-order valence-electron chi connectivity index (χ4n) is 8.98. The van der Waals surface area contributed by atoms with Gasteiger partial charge in [-0.2, -0.15) is 0 Å². The molecule has 1 amide bonds. The van der Waals surface area contributed by atoms with Crippen molar-refractivity contribution in [1.82, 2.24) is 5.32 Å². The Balaban J connectivity index is 2.23. The number of nitrogens with one attached hydrogen (secondary N) is 1. The number of hydrogen-bond acceptors (Lipinski definition) is 8. The monoisotopic (exact) mass is 896 g/mol. The lowest BCUT2D eigenvalue weighted by Gasteiger charge is -2.40. The van der Waals surface area contributed by atoms with E-state index in [1.165, 1.54) is 212 Å². The fraction of sp³-hybridized carbons (Fsp3) is 0.944. The lowest BCUT2D eigenvalue weighted by molar-refractivity contribution is -0.302. The van der Waals surface area contributed by atoms with Crippen LogP contribution in [0.5, 0.6) is 0 Å². The van der Waals surface area contributed by atoms with Crippen LogP contribution in [-0.4, -0.2) is 87.5 Å². The number of rotatable bonds is 47. The Morgan fingerprint density at radius 1 is 0.524 bits per heavy atom. The van der Waals surface area contributed by atoms with E-state index in [0.29, 0.717) is 6.42 Å². The van der Waals surface area contributed by atoms with Gasteiger partial charge in [0.1, 0.15) is 24.4 Å². The molecule has 2 unspecified atom stereocenters. The van der Waals surface area contributed by atoms with Crippen molar-refractivity contribution in [3.8, 4) is 0 Å². The van der Waals surface area contributed by atoms with Crippen LogP contribution in [0.4, 0.5) is 0 Å². The van der Waals surface area contributed by atoms with Gasteiger partial charge >= 0.3 is 0 Å². The van der Waals surface area contributed by atoms with Crippen LogP contribution in [0.25, 0.3) is 0 Å². The van der Waals surface area contributed by atoms with Gasteiger partial charge < -0.3 is 40.3 Å². The third-order valence-electron chi connectivity index (χ3n) is 13.4. The number of aliphatic hydroxyl groups excluding tert-OH is 5. The average molecular weight is 896 g/mol. The SMILES string of the molecule is CCCCCCCCCCCCCCCCC/C=C/[C@@H](O)[C@H](CO[C@@H]1O[C@H](CO)[C@@H](O)C(O)C1O)NC(=O)CCCCCCCCCCCCCCCCCCCCCCCCC. The van der Waals surface area contributed by atoms with Crippen LogP contribution in [0.1, 0.15) is 271 Å². The molecule has 9 heteroatoms. The summed E-state index contributed by atoms with van der Waals surface area (Å²) in [6.45, 7) is 3.81. The smallest absolute Gasteiger partial charge is 0.220 e. The highest BCUT2D eigenvalue weighted by Crippen LogP contribution is 2.23. The van der Waals surface area contributed by atoms with Gasteiger partial charge in [-0.05, 0) is 19.3 Å². The van der Waals surface area contributed by atoms with Crippen LogP contribution >= 0.6 is 0 Å². The number of carbonyl (C=O) groups is 1. The average Bonchev–Trinajstić information content (AvgIpc) is 3.28. The summed E-state index contributed by atoms with van der Waals surface area (Å²) in [4.78, 5) is 13.0. The lowest BCUT2D eigenvalue weighted by atomic mass is 9.99. The summed E-state index contributed by atoms with van der Waals surface area (Å²) >= 11 is 0. The molecule has 0 saturated carbocycles. The quantitative estimate of drug-likeness (QED) is 0.0261. The maximum atomic E-state index is 13.0. The van der Waals surface area contributed by atoms with E-state index in [1.807, 2.05) is 6.08 Å². The van der Waals surface area contributed by atoms with E-state index in [2.05, 4.69) is 19.2 Å². The van der Waals surface area contributed by atoms with Gasteiger partial charge in [0.15, 0.2) is 6.29 Å². The molecular formula is C54H105NO8. The molecule has 1 aliphatic heterocycles. The largest absolute Gasteiger partial charge is 0.394 e. The molecule has 63 heavy (non-hydrogen) atoms. The van der Waals surface area contributed by atoms with Crippen LogP contribution in [0.3, 0.4) is 0 Å². The van der Waals surface area contributed by atoms with E-state index < -0.39 is 49.5 Å². The van der Waals surface area contributed by atoms with Crippen molar-refractivity contribution in [3.05, 3.63) is 12.2 Å². The van der Waals surface area contributed by atoms with Crippen molar-refractivity contribution in [2.45, 2.75) is 314 Å². The predicted octanol–water partition coefficient (Wildman–Crippen LogP) is 12.8. The zero-order valence-corrected chi connectivity index (χ0v) is 41.4. The Morgan fingerprint density at radius 2 is 0.873 bits per heavy atom. The van der Waals surface area contributed by atoms with E-state index in [4.69, 9.17) is 9.47 Å². The topological polar surface area (TPSA) is 149 Å². The molecule has 374 valence electrons. The van der Waals surface area contributed by atoms with Crippen LogP contribution < -0.4 is 5.32 Å². The summed E-state index contributed by atoms with van der Waals surface area (Å²) in [5.41, 5.74) is 0. The molecule has 1 rings (SSSR count). The molecule has 0 spiro atoms. The van der Waals surface area contributed by atoms with Crippen LogP contribution in [0.2, 0.25) is 0 Å². The fourth-order valence-corrected chi connectivity index (χ4v) is 8.98. The predicted molar refractivity (Wildman–Crippen MR) is 263 cm³/mol. The van der Waals surface area contributed by atoms with Gasteiger partial charge in [-0.25, -0.2) is 0 Å². The molecule has 0 aromatic carbocycles. The Bertz CT molecular complexity index is 997. The molecule has 1 heterocycles. The van der Waals surface area contributed by atoms with Gasteiger partial charge in [0.25, 0.3) is 0 Å². The minimum atomic E-state index is -1.56. The van der Waals surface area contributed by atoms with Crippen LogP contribution in [-0.2, 0) is 14.3 Å². The Labute approximate surface area is 388 Å². The second kappa shape index (κ2) is 44.7. The summed E-state index contributed by atoms with van der Waals surface area (Å²) in [5.74, 6) is -0.171. The van der Waals surface area contributed by atoms with Crippen molar-refractivity contribution in [3.63, 3.8) is 0 Å². The van der Waals surface area contributed by atoms with Gasteiger partial charge in [0.05, 0.1) is 25.4 Å². The molecule has 0 radical (unpaired) electrons. The van der Waals surface area contributed by atoms with E-state index >= 15 is 0 Å². The zero-order chi connectivity index (χ0) is 45.9. The maximum absolute atomic E-state index is 13.0. The van der Waals surface area contributed by atoms with Gasteiger partial charge in [-0.15, -0.1) is 0 Å². The summed E-state index contributed by atoms with van der Waals surface area (Å²) in [6, 6.07) is -0.799. The molecule has 0 bridgehead atoms. The number of carbonyl (C=O) groups excluding carboxylic acids is 1. The summed E-state index contributed by atoms with van der Waals surface area (Å²) < 4.78 is 11.3. The van der Waals surface area contributed by atoms with Gasteiger partial charge in [0, 0.05) is 6.42 Å². The molecular weight excluding hydrogens is 791 g/mol. The molecule has 0 aliphatic carbocycles. The summed E-state index contributed by atoms with van der Waals surface area (Å²) in [7, 11) is 0. The first-order chi connectivity index (χ1) is 30.8. The number of unbranched alkanes of at least 4 members (excludes halogenated alkanes) is 37. The van der Waals surface area contributed by atoms with Crippen LogP contribution in [0.15, 0.2) is 12.2 Å². The molecule has 1 aliphatic rings.